The van der Waals surface area contributed by atoms with Crippen molar-refractivity contribution in [1.29, 1.82) is 0 Å². The highest BCUT2D eigenvalue weighted by atomic mass is 16.6. The monoisotopic (exact) mass is 523 g/mol. The Labute approximate surface area is 223 Å². The molecular weight excluding hydrogens is 486 g/mol. The first-order valence-corrected chi connectivity index (χ1v) is 12.7. The van der Waals surface area contributed by atoms with Crippen molar-refractivity contribution in [1.82, 2.24) is 14.4 Å². The number of phenols is 1. The van der Waals surface area contributed by atoms with Crippen LogP contribution in [0.25, 0.3) is 10.9 Å². The maximum Gasteiger partial charge on any atom is 0.419 e. The third kappa shape index (κ3) is 5.49. The Morgan fingerprint density at radius 3 is 2.47 bits per heavy atom. The Bertz CT molecular complexity index is 1360. The second-order valence-corrected chi connectivity index (χ2v) is 10.8. The molecule has 1 fully saturated rings. The number of aromatic hydroxyl groups is 1. The standard InChI is InChI=1S/C29H37N3O6/c1-18-14-25(36-6)22(20-10-11-32(26(18)20)28(35)38-29(2,3)4)16-31-13-12-30(5)17-23(31)19-8-9-21(24(33)15-19)27(34)37-7/h8-11,14-15,23,33H,12-13,16-17H2,1-7H3. The second-order valence-electron chi connectivity index (χ2n) is 10.8. The van der Waals surface area contributed by atoms with Crippen molar-refractivity contribution < 1.29 is 28.9 Å². The van der Waals surface area contributed by atoms with Crippen LogP contribution in [0, 0.1) is 6.92 Å². The molecule has 1 aliphatic heterocycles. The zero-order valence-corrected chi connectivity index (χ0v) is 23.2. The number of aromatic nitrogens is 1. The molecule has 38 heavy (non-hydrogen) atoms. The number of piperazine rings is 1. The average molecular weight is 524 g/mol. The molecule has 9 heteroatoms. The minimum Gasteiger partial charge on any atom is -0.507 e. The Balaban J connectivity index is 1.74. The highest BCUT2D eigenvalue weighted by Crippen LogP contribution is 2.37. The quantitative estimate of drug-likeness (QED) is 0.480. The molecule has 1 aromatic heterocycles. The molecule has 0 saturated carbocycles. The Hall–Kier alpha value is -3.56. The molecule has 1 atom stereocenters. The number of nitrogens with zero attached hydrogens (tertiary/aromatic N) is 3. The van der Waals surface area contributed by atoms with Gasteiger partial charge in [-0.15, -0.1) is 0 Å². The number of esters is 1. The normalized spacial score (nSPS) is 17.0. The summed E-state index contributed by atoms with van der Waals surface area (Å²) in [5.41, 5.74) is 3.10. The van der Waals surface area contributed by atoms with E-state index in [1.807, 2.05) is 45.9 Å². The van der Waals surface area contributed by atoms with Gasteiger partial charge in [-0.05, 0) is 70.1 Å². The number of phenolic OH excluding ortho intramolecular Hbond substituents is 1. The Morgan fingerprint density at radius 2 is 1.84 bits per heavy atom. The number of aryl methyl sites for hydroxylation is 1. The van der Waals surface area contributed by atoms with Crippen LogP contribution in [0.1, 0.15) is 53.9 Å². The average Bonchev–Trinajstić information content (AvgIpc) is 3.31. The Morgan fingerprint density at radius 1 is 1.11 bits per heavy atom. The van der Waals surface area contributed by atoms with Crippen LogP contribution >= 0.6 is 0 Å². The summed E-state index contributed by atoms with van der Waals surface area (Å²) in [7, 11) is 5.01. The van der Waals surface area contributed by atoms with Gasteiger partial charge in [-0.25, -0.2) is 9.59 Å². The Kier molecular flexibility index (Phi) is 7.71. The predicted octanol–water partition coefficient (Wildman–Crippen LogP) is 4.72. The van der Waals surface area contributed by atoms with Crippen LogP contribution in [0.2, 0.25) is 0 Å². The summed E-state index contributed by atoms with van der Waals surface area (Å²) >= 11 is 0. The predicted molar refractivity (Wildman–Crippen MR) is 145 cm³/mol. The van der Waals surface area contributed by atoms with Crippen LogP contribution in [0.4, 0.5) is 4.79 Å². The first-order chi connectivity index (χ1) is 17.9. The van der Waals surface area contributed by atoms with E-state index in [1.54, 1.807) is 30.0 Å². The molecule has 9 nitrogen and oxygen atoms in total. The molecular formula is C29H37N3O6. The fourth-order valence-electron chi connectivity index (χ4n) is 5.08. The summed E-state index contributed by atoms with van der Waals surface area (Å²) in [6, 6.07) is 8.97. The molecule has 1 N–H and O–H groups in total. The number of fused-ring (bicyclic) bond motifs is 1. The van der Waals surface area contributed by atoms with E-state index in [1.165, 1.54) is 7.11 Å². The summed E-state index contributed by atoms with van der Waals surface area (Å²) in [5, 5.41) is 11.5. The number of rotatable bonds is 5. The van der Waals surface area contributed by atoms with Gasteiger partial charge in [0.2, 0.25) is 0 Å². The number of benzene rings is 2. The van der Waals surface area contributed by atoms with Gasteiger partial charge >= 0.3 is 12.1 Å². The van der Waals surface area contributed by atoms with E-state index in [0.29, 0.717) is 6.54 Å². The van der Waals surface area contributed by atoms with E-state index in [9.17, 15) is 14.7 Å². The number of hydrogen-bond donors (Lipinski definition) is 1. The summed E-state index contributed by atoms with van der Waals surface area (Å²) in [4.78, 5) is 29.5. The highest BCUT2D eigenvalue weighted by Gasteiger charge is 2.30. The zero-order chi connectivity index (χ0) is 27.8. The number of likely N-dealkylation sites (N-methyl/N-ethyl adjacent to an activating group) is 1. The van der Waals surface area contributed by atoms with Gasteiger partial charge in [-0.1, -0.05) is 6.07 Å². The minimum absolute atomic E-state index is 0.0413. The molecule has 0 spiro atoms. The fraction of sp³-hybridized carbons (Fsp3) is 0.448. The van der Waals surface area contributed by atoms with Crippen LogP contribution in [-0.2, 0) is 16.0 Å². The first-order valence-electron chi connectivity index (χ1n) is 12.7. The van der Waals surface area contributed by atoms with Crippen molar-refractivity contribution >= 4 is 23.0 Å². The number of carbonyl (C=O) groups is 2. The van der Waals surface area contributed by atoms with Crippen molar-refractivity contribution in [3.05, 3.63) is 58.8 Å². The van der Waals surface area contributed by atoms with E-state index in [0.717, 1.165) is 53.0 Å². The molecule has 204 valence electrons. The molecule has 3 aromatic rings. The van der Waals surface area contributed by atoms with Gasteiger partial charge in [-0.3, -0.25) is 9.47 Å². The van der Waals surface area contributed by atoms with E-state index >= 15 is 0 Å². The molecule has 2 heterocycles. The first kappa shape index (κ1) is 27.5. The topological polar surface area (TPSA) is 93.5 Å². The molecule has 4 rings (SSSR count). The third-order valence-corrected chi connectivity index (χ3v) is 6.91. The fourth-order valence-corrected chi connectivity index (χ4v) is 5.08. The van der Waals surface area contributed by atoms with Crippen LogP contribution in [0.3, 0.4) is 0 Å². The van der Waals surface area contributed by atoms with Crippen molar-refractivity contribution in [2.24, 2.45) is 0 Å². The molecule has 0 aliphatic carbocycles. The molecule has 0 bridgehead atoms. The van der Waals surface area contributed by atoms with Crippen LogP contribution in [0.15, 0.2) is 36.5 Å². The van der Waals surface area contributed by atoms with Gasteiger partial charge in [0.05, 0.1) is 19.7 Å². The smallest absolute Gasteiger partial charge is 0.419 e. The molecule has 1 saturated heterocycles. The van der Waals surface area contributed by atoms with E-state index in [4.69, 9.17) is 14.2 Å². The SMILES string of the molecule is COC(=O)c1ccc(C2CN(C)CCN2Cc2c(OC)cc(C)c3c2ccn3C(=O)OC(C)(C)C)cc1O. The maximum absolute atomic E-state index is 13.0. The lowest BCUT2D eigenvalue weighted by Gasteiger charge is -2.40. The minimum atomic E-state index is -0.612. The van der Waals surface area contributed by atoms with E-state index in [2.05, 4.69) is 16.8 Å². The lowest BCUT2D eigenvalue weighted by Crippen LogP contribution is -2.46. The highest BCUT2D eigenvalue weighted by molar-refractivity contribution is 5.95. The largest absolute Gasteiger partial charge is 0.507 e. The van der Waals surface area contributed by atoms with Gasteiger partial charge in [0.1, 0.15) is 22.7 Å². The lowest BCUT2D eigenvalue weighted by molar-refractivity contribution is 0.0542. The summed E-state index contributed by atoms with van der Waals surface area (Å²) in [5.74, 6) is 0.0683. The number of ether oxygens (including phenoxy) is 3. The molecule has 1 aliphatic rings. The van der Waals surface area contributed by atoms with Crippen molar-refractivity contribution in [2.45, 2.75) is 45.9 Å². The molecule has 0 amide bonds. The summed E-state index contributed by atoms with van der Waals surface area (Å²) in [6.45, 7) is 10.5. The van der Waals surface area contributed by atoms with Crippen molar-refractivity contribution in [3.63, 3.8) is 0 Å². The van der Waals surface area contributed by atoms with Gasteiger partial charge < -0.3 is 24.2 Å². The van der Waals surface area contributed by atoms with Crippen LogP contribution in [0.5, 0.6) is 11.5 Å². The van der Waals surface area contributed by atoms with Crippen molar-refractivity contribution in [3.8, 4) is 11.5 Å². The second kappa shape index (κ2) is 10.7. The number of methoxy groups -OCH3 is 2. The van der Waals surface area contributed by atoms with E-state index in [-0.39, 0.29) is 17.4 Å². The van der Waals surface area contributed by atoms with Gasteiger partial charge in [0.15, 0.2) is 0 Å². The molecule has 1 unspecified atom stereocenters. The lowest BCUT2D eigenvalue weighted by atomic mass is 9.98. The van der Waals surface area contributed by atoms with Gasteiger partial charge in [0, 0.05) is 49.4 Å². The van der Waals surface area contributed by atoms with Crippen LogP contribution in [-0.4, -0.2) is 78.0 Å². The number of carbonyl (C=O) groups excluding carboxylic acids is 2. The maximum atomic E-state index is 13.0. The number of hydrogen-bond acceptors (Lipinski definition) is 8. The summed E-state index contributed by atoms with van der Waals surface area (Å²) < 4.78 is 17.8. The van der Waals surface area contributed by atoms with Gasteiger partial charge in [0.25, 0.3) is 0 Å². The zero-order valence-electron chi connectivity index (χ0n) is 23.2. The van der Waals surface area contributed by atoms with Crippen molar-refractivity contribution in [2.75, 3.05) is 40.9 Å². The van der Waals surface area contributed by atoms with Crippen LogP contribution < -0.4 is 4.74 Å². The van der Waals surface area contributed by atoms with E-state index < -0.39 is 17.7 Å². The third-order valence-electron chi connectivity index (χ3n) is 6.91. The summed E-state index contributed by atoms with van der Waals surface area (Å²) in [6.07, 6.45) is 1.32. The molecule has 0 radical (unpaired) electrons. The van der Waals surface area contributed by atoms with Gasteiger partial charge in [-0.2, -0.15) is 0 Å². The molecule has 2 aromatic carbocycles.